The Morgan fingerprint density at radius 1 is 1.12 bits per heavy atom. The lowest BCUT2D eigenvalue weighted by Gasteiger charge is -2.36. The van der Waals surface area contributed by atoms with E-state index < -0.39 is 5.97 Å². The zero-order chi connectivity index (χ0) is 18.5. The van der Waals surface area contributed by atoms with Gasteiger partial charge in [-0.15, -0.1) is 0 Å². The van der Waals surface area contributed by atoms with Crippen LogP contribution in [0.5, 0.6) is 0 Å². The van der Waals surface area contributed by atoms with Crippen molar-refractivity contribution in [3.8, 4) is 0 Å². The molecule has 140 valence electrons. The number of carboxylic acids is 1. The van der Waals surface area contributed by atoms with Crippen molar-refractivity contribution in [3.63, 3.8) is 0 Å². The molecule has 3 rings (SSSR count). The fourth-order valence-electron chi connectivity index (χ4n) is 4.01. The summed E-state index contributed by atoms with van der Waals surface area (Å²) in [6.45, 7) is 1.07. The Balaban J connectivity index is 1.62. The van der Waals surface area contributed by atoms with Gasteiger partial charge in [-0.25, -0.2) is 0 Å². The molecule has 1 N–H and O–H groups in total. The third kappa shape index (κ3) is 4.23. The molecule has 0 aliphatic carbocycles. The van der Waals surface area contributed by atoms with Crippen molar-refractivity contribution in [2.24, 2.45) is 0 Å². The lowest BCUT2D eigenvalue weighted by atomic mass is 9.97. The van der Waals surface area contributed by atoms with Gasteiger partial charge >= 0.3 is 5.97 Å². The minimum Gasteiger partial charge on any atom is -0.481 e. The van der Waals surface area contributed by atoms with Gasteiger partial charge in [-0.05, 0) is 43.7 Å². The molecule has 0 spiro atoms. The van der Waals surface area contributed by atoms with Crippen LogP contribution >= 0.6 is 0 Å². The molecule has 1 aromatic carbocycles. The Hall–Kier alpha value is -2.37. The quantitative estimate of drug-likeness (QED) is 0.848. The number of hydrogen-bond donors (Lipinski definition) is 1. The Labute approximate surface area is 153 Å². The maximum Gasteiger partial charge on any atom is 0.303 e. The number of rotatable bonds is 6. The molecule has 1 fully saturated rings. The van der Waals surface area contributed by atoms with E-state index in [9.17, 15) is 14.4 Å². The zero-order valence-corrected chi connectivity index (χ0v) is 15.0. The number of aliphatic carboxylic acids is 1. The first-order chi connectivity index (χ1) is 12.6. The number of carbonyl (C=O) groups excluding carboxylic acids is 2. The van der Waals surface area contributed by atoms with Crippen LogP contribution in [0.25, 0.3) is 0 Å². The van der Waals surface area contributed by atoms with E-state index in [4.69, 9.17) is 5.11 Å². The number of amides is 2. The average molecular weight is 358 g/mol. The van der Waals surface area contributed by atoms with Crippen molar-refractivity contribution in [1.82, 2.24) is 4.90 Å². The molecule has 0 unspecified atom stereocenters. The fourth-order valence-corrected chi connectivity index (χ4v) is 4.01. The van der Waals surface area contributed by atoms with Gasteiger partial charge in [-0.1, -0.05) is 18.2 Å². The van der Waals surface area contributed by atoms with E-state index in [-0.39, 0.29) is 30.7 Å². The van der Waals surface area contributed by atoms with E-state index in [0.717, 1.165) is 36.9 Å². The summed E-state index contributed by atoms with van der Waals surface area (Å²) in [6, 6.07) is 7.87. The fraction of sp³-hybridized carbons (Fsp3) is 0.550. The number of carbonyl (C=O) groups is 3. The number of carboxylic acid groups (broad SMARTS) is 1. The van der Waals surface area contributed by atoms with Crippen LogP contribution in [-0.4, -0.2) is 46.9 Å². The molecule has 6 nitrogen and oxygen atoms in total. The lowest BCUT2D eigenvalue weighted by molar-refractivity contribution is -0.140. The largest absolute Gasteiger partial charge is 0.481 e. The Morgan fingerprint density at radius 2 is 1.92 bits per heavy atom. The first-order valence-electron chi connectivity index (χ1n) is 9.46. The van der Waals surface area contributed by atoms with Gasteiger partial charge in [-0.2, -0.15) is 0 Å². The smallest absolute Gasteiger partial charge is 0.303 e. The lowest BCUT2D eigenvalue weighted by Crippen LogP contribution is -2.45. The second kappa shape index (κ2) is 8.34. The van der Waals surface area contributed by atoms with Gasteiger partial charge in [0.15, 0.2) is 0 Å². The molecule has 0 saturated carbocycles. The highest BCUT2D eigenvalue weighted by molar-refractivity contribution is 5.97. The molecule has 1 aromatic rings. The normalized spacial score (nSPS) is 20.0. The third-order valence-electron chi connectivity index (χ3n) is 5.38. The van der Waals surface area contributed by atoms with Gasteiger partial charge in [0.2, 0.25) is 11.8 Å². The second-order valence-electron chi connectivity index (χ2n) is 7.09. The molecule has 2 amide bonds. The molecule has 0 aromatic heterocycles. The predicted octanol–water partition coefficient (Wildman–Crippen LogP) is 2.60. The number of benzene rings is 1. The summed E-state index contributed by atoms with van der Waals surface area (Å²) in [5, 5.41) is 8.92. The van der Waals surface area contributed by atoms with Crippen LogP contribution in [0, 0.1) is 0 Å². The number of piperidine rings is 1. The summed E-state index contributed by atoms with van der Waals surface area (Å²) in [5.41, 5.74) is 2.06. The van der Waals surface area contributed by atoms with Crippen LogP contribution in [0.2, 0.25) is 0 Å². The van der Waals surface area contributed by atoms with Gasteiger partial charge in [0, 0.05) is 44.1 Å². The predicted molar refractivity (Wildman–Crippen MR) is 98.0 cm³/mol. The number of fused-ring (bicyclic) bond motifs is 1. The van der Waals surface area contributed by atoms with Crippen LogP contribution < -0.4 is 4.90 Å². The number of aryl methyl sites for hydroxylation is 1. The summed E-state index contributed by atoms with van der Waals surface area (Å²) in [6.07, 6.45) is 4.97. The molecule has 0 radical (unpaired) electrons. The summed E-state index contributed by atoms with van der Waals surface area (Å²) in [5.74, 6) is -0.730. The van der Waals surface area contributed by atoms with Gasteiger partial charge in [0.1, 0.15) is 0 Å². The van der Waals surface area contributed by atoms with Crippen LogP contribution in [-0.2, 0) is 20.8 Å². The minimum atomic E-state index is -0.821. The van der Waals surface area contributed by atoms with E-state index >= 15 is 0 Å². The zero-order valence-electron chi connectivity index (χ0n) is 15.0. The van der Waals surface area contributed by atoms with Crippen LogP contribution in [0.3, 0.4) is 0 Å². The summed E-state index contributed by atoms with van der Waals surface area (Å²) in [4.78, 5) is 39.5. The van der Waals surface area contributed by atoms with Crippen molar-refractivity contribution < 1.29 is 19.5 Å². The Kier molecular flexibility index (Phi) is 5.91. The number of para-hydroxylation sites is 1. The molecule has 26 heavy (non-hydrogen) atoms. The minimum absolute atomic E-state index is 0.0108. The van der Waals surface area contributed by atoms with E-state index in [1.807, 2.05) is 29.2 Å². The number of nitrogens with zero attached hydrogens (tertiary/aromatic N) is 2. The third-order valence-corrected chi connectivity index (χ3v) is 5.38. The first-order valence-corrected chi connectivity index (χ1v) is 9.46. The van der Waals surface area contributed by atoms with E-state index in [0.29, 0.717) is 25.9 Å². The van der Waals surface area contributed by atoms with E-state index in [2.05, 4.69) is 0 Å². The second-order valence-corrected chi connectivity index (χ2v) is 7.09. The van der Waals surface area contributed by atoms with Gasteiger partial charge in [-0.3, -0.25) is 14.4 Å². The van der Waals surface area contributed by atoms with Gasteiger partial charge in [0.25, 0.3) is 0 Å². The van der Waals surface area contributed by atoms with E-state index in [1.54, 1.807) is 4.90 Å². The van der Waals surface area contributed by atoms with Crippen molar-refractivity contribution >= 4 is 23.5 Å². The van der Waals surface area contributed by atoms with Crippen molar-refractivity contribution in [2.45, 2.75) is 57.4 Å². The molecule has 1 atom stereocenters. The summed E-state index contributed by atoms with van der Waals surface area (Å²) >= 11 is 0. The molecular formula is C20H26N2O4. The summed E-state index contributed by atoms with van der Waals surface area (Å²) < 4.78 is 0. The molecule has 1 saturated heterocycles. The SMILES string of the molecule is O=C(O)CC[C@@H]1CCCCN1C(=O)CCN1C(=O)CCc2ccccc21. The maximum atomic E-state index is 12.8. The molecule has 2 aliphatic rings. The number of likely N-dealkylation sites (tertiary alicyclic amines) is 1. The average Bonchev–Trinajstić information content (AvgIpc) is 2.65. The number of hydrogen-bond acceptors (Lipinski definition) is 3. The van der Waals surface area contributed by atoms with Crippen molar-refractivity contribution in [3.05, 3.63) is 29.8 Å². The van der Waals surface area contributed by atoms with E-state index in [1.165, 1.54) is 0 Å². The molecule has 0 bridgehead atoms. The van der Waals surface area contributed by atoms with Crippen LogP contribution in [0.1, 0.15) is 50.5 Å². The van der Waals surface area contributed by atoms with Crippen molar-refractivity contribution in [1.29, 1.82) is 0 Å². The molecule has 2 aliphatic heterocycles. The monoisotopic (exact) mass is 358 g/mol. The first kappa shape index (κ1) is 18.4. The Bertz CT molecular complexity index is 688. The highest BCUT2D eigenvalue weighted by Gasteiger charge is 2.29. The standard InChI is InChI=1S/C20H26N2O4/c23-18-10-8-15-5-1-2-7-17(15)22(18)14-12-19(24)21-13-4-3-6-16(21)9-11-20(25)26/h1-2,5,7,16H,3-4,6,8-14H2,(H,25,26)/t16-/m0/s1. The Morgan fingerprint density at radius 3 is 2.73 bits per heavy atom. The molecule has 2 heterocycles. The highest BCUT2D eigenvalue weighted by Crippen LogP contribution is 2.28. The number of anilines is 1. The van der Waals surface area contributed by atoms with Crippen LogP contribution in [0.15, 0.2) is 24.3 Å². The molecule has 6 heteroatoms. The summed E-state index contributed by atoms with van der Waals surface area (Å²) in [7, 11) is 0. The maximum absolute atomic E-state index is 12.8. The topological polar surface area (TPSA) is 77.9 Å². The van der Waals surface area contributed by atoms with Crippen molar-refractivity contribution in [2.75, 3.05) is 18.0 Å². The van der Waals surface area contributed by atoms with Gasteiger partial charge < -0.3 is 14.9 Å². The van der Waals surface area contributed by atoms with Crippen LogP contribution in [0.4, 0.5) is 5.69 Å². The molecular weight excluding hydrogens is 332 g/mol. The highest BCUT2D eigenvalue weighted by atomic mass is 16.4. The van der Waals surface area contributed by atoms with Gasteiger partial charge in [0.05, 0.1) is 0 Å².